The van der Waals surface area contributed by atoms with Gasteiger partial charge in [-0.15, -0.1) is 6.58 Å². The van der Waals surface area contributed by atoms with Crippen LogP contribution in [0.4, 0.5) is 13.2 Å². The van der Waals surface area contributed by atoms with Crippen molar-refractivity contribution in [2.75, 3.05) is 13.2 Å². The fraction of sp³-hybridized carbons (Fsp3) is 0.548. The quantitative estimate of drug-likeness (QED) is 0.256. The third-order valence-corrected chi connectivity index (χ3v) is 8.29. The summed E-state index contributed by atoms with van der Waals surface area (Å²) in [6, 6.07) is 8.29. The molecule has 0 aromatic heterocycles. The van der Waals surface area contributed by atoms with Crippen molar-refractivity contribution in [2.24, 2.45) is 11.8 Å². The Hall–Kier alpha value is -2.47. The van der Waals surface area contributed by atoms with Crippen molar-refractivity contribution in [1.29, 1.82) is 0 Å². The maximum absolute atomic E-state index is 14.9. The number of benzene rings is 2. The lowest BCUT2D eigenvalue weighted by molar-refractivity contribution is 0.0963. The van der Waals surface area contributed by atoms with Gasteiger partial charge in [-0.25, -0.2) is 8.78 Å². The average Bonchev–Trinajstić information content (AvgIpc) is 2.90. The zero-order valence-corrected chi connectivity index (χ0v) is 21.7. The molecule has 0 bridgehead atoms. The predicted molar refractivity (Wildman–Crippen MR) is 140 cm³/mol. The van der Waals surface area contributed by atoms with Gasteiger partial charge in [-0.2, -0.15) is 4.39 Å². The molecule has 0 spiro atoms. The topological polar surface area (TPSA) is 38.7 Å². The molecule has 4 rings (SSSR count). The van der Waals surface area contributed by atoms with Crippen LogP contribution in [0.25, 0.3) is 0 Å². The van der Waals surface area contributed by atoms with Gasteiger partial charge in [0.25, 0.3) is 0 Å². The Morgan fingerprint density at radius 2 is 1.54 bits per heavy atom. The van der Waals surface area contributed by atoms with Crippen LogP contribution in [-0.2, 0) is 0 Å². The van der Waals surface area contributed by atoms with Crippen LogP contribution in [0, 0.1) is 29.3 Å². The third kappa shape index (κ3) is 6.90. The second kappa shape index (κ2) is 12.9. The molecule has 0 saturated heterocycles. The number of hydrogen-bond acceptors (Lipinski definition) is 3. The molecule has 0 radical (unpaired) electrons. The summed E-state index contributed by atoms with van der Waals surface area (Å²) in [6.07, 6.45) is 8.60. The van der Waals surface area contributed by atoms with Gasteiger partial charge < -0.3 is 14.6 Å². The van der Waals surface area contributed by atoms with Crippen LogP contribution in [0.5, 0.6) is 11.5 Å². The van der Waals surface area contributed by atoms with Crippen molar-refractivity contribution in [1.82, 2.24) is 0 Å². The van der Waals surface area contributed by atoms with E-state index < -0.39 is 11.6 Å². The second-order valence-electron chi connectivity index (χ2n) is 10.8. The number of aliphatic hydroxyl groups excluding tert-OH is 1. The molecular weight excluding hydrogens is 477 g/mol. The Bertz CT molecular complexity index is 1040. The van der Waals surface area contributed by atoms with Gasteiger partial charge in [0.05, 0.1) is 19.3 Å². The van der Waals surface area contributed by atoms with Crippen molar-refractivity contribution in [2.45, 2.75) is 82.7 Å². The largest absolute Gasteiger partial charge is 0.493 e. The Morgan fingerprint density at radius 1 is 0.892 bits per heavy atom. The number of rotatable bonds is 10. The van der Waals surface area contributed by atoms with Crippen LogP contribution >= 0.6 is 0 Å². The van der Waals surface area contributed by atoms with Gasteiger partial charge in [0.15, 0.2) is 11.6 Å². The number of ether oxygens (including phenoxy) is 2. The molecule has 1 unspecified atom stereocenters. The Labute approximate surface area is 218 Å². The lowest BCUT2D eigenvalue weighted by atomic mass is 9.77. The molecule has 6 heteroatoms. The molecule has 2 fully saturated rings. The summed E-state index contributed by atoms with van der Waals surface area (Å²) in [5.41, 5.74) is 1.12. The first-order chi connectivity index (χ1) is 17.9. The van der Waals surface area contributed by atoms with E-state index in [9.17, 15) is 18.3 Å². The highest BCUT2D eigenvalue weighted by molar-refractivity contribution is 5.34. The number of halogens is 3. The van der Waals surface area contributed by atoms with E-state index in [1.807, 2.05) is 12.1 Å². The smallest absolute Gasteiger partial charge is 0.200 e. The molecule has 2 aliphatic carbocycles. The average molecular weight is 517 g/mol. The lowest BCUT2D eigenvalue weighted by Crippen LogP contribution is -2.23. The van der Waals surface area contributed by atoms with Crippen LogP contribution in [-0.4, -0.2) is 24.4 Å². The summed E-state index contributed by atoms with van der Waals surface area (Å²) in [5, 5.41) is 9.79. The van der Waals surface area contributed by atoms with E-state index in [1.54, 1.807) is 25.1 Å². The molecule has 2 saturated carbocycles. The maximum atomic E-state index is 14.9. The van der Waals surface area contributed by atoms with Crippen LogP contribution in [0.1, 0.15) is 87.7 Å². The van der Waals surface area contributed by atoms with Gasteiger partial charge in [-0.05, 0) is 112 Å². The van der Waals surface area contributed by atoms with E-state index in [0.29, 0.717) is 36.5 Å². The van der Waals surface area contributed by atoms with Crippen molar-refractivity contribution in [3.63, 3.8) is 0 Å². The summed E-state index contributed by atoms with van der Waals surface area (Å²) >= 11 is 0. The first-order valence-corrected chi connectivity index (χ1v) is 13.7. The molecule has 2 aromatic rings. The van der Waals surface area contributed by atoms with Gasteiger partial charge in [0, 0.05) is 6.07 Å². The highest BCUT2D eigenvalue weighted by Crippen LogP contribution is 2.41. The molecular formula is C31H39F3O3. The minimum Gasteiger partial charge on any atom is -0.493 e. The van der Waals surface area contributed by atoms with E-state index in [4.69, 9.17) is 9.47 Å². The van der Waals surface area contributed by atoms with E-state index in [-0.39, 0.29) is 41.3 Å². The van der Waals surface area contributed by atoms with E-state index in [2.05, 4.69) is 6.58 Å². The van der Waals surface area contributed by atoms with Crippen molar-refractivity contribution in [3.05, 3.63) is 71.6 Å². The number of aliphatic hydroxyl groups is 1. The van der Waals surface area contributed by atoms with Gasteiger partial charge in [0.1, 0.15) is 11.6 Å². The van der Waals surface area contributed by atoms with Gasteiger partial charge in [-0.1, -0.05) is 18.2 Å². The fourth-order valence-electron chi connectivity index (χ4n) is 5.92. The normalized spacial score (nSPS) is 24.9. The van der Waals surface area contributed by atoms with Gasteiger partial charge in [0.2, 0.25) is 5.82 Å². The Morgan fingerprint density at radius 3 is 2.19 bits per heavy atom. The molecule has 202 valence electrons. The Kier molecular flexibility index (Phi) is 9.58. The summed E-state index contributed by atoms with van der Waals surface area (Å²) in [4.78, 5) is 0. The van der Waals surface area contributed by atoms with E-state index in [0.717, 1.165) is 51.4 Å². The summed E-state index contributed by atoms with van der Waals surface area (Å²) in [6.45, 7) is 6.24. The summed E-state index contributed by atoms with van der Waals surface area (Å²) in [5.74, 6) is -0.920. The molecule has 0 aliphatic heterocycles. The Balaban J connectivity index is 1.27. The first kappa shape index (κ1) is 27.6. The van der Waals surface area contributed by atoms with Gasteiger partial charge in [-0.3, -0.25) is 0 Å². The zero-order chi connectivity index (χ0) is 26.4. The highest BCUT2D eigenvalue weighted by atomic mass is 19.2. The van der Waals surface area contributed by atoms with Crippen LogP contribution in [0.15, 0.2) is 43.0 Å². The number of hydrogen-bond donors (Lipinski definition) is 1. The van der Waals surface area contributed by atoms with Crippen LogP contribution in [0.3, 0.4) is 0 Å². The van der Waals surface area contributed by atoms with E-state index in [1.165, 1.54) is 6.07 Å². The van der Waals surface area contributed by atoms with Crippen LogP contribution < -0.4 is 9.47 Å². The fourth-order valence-corrected chi connectivity index (χ4v) is 5.92. The molecule has 1 atom stereocenters. The highest BCUT2D eigenvalue weighted by Gasteiger charge is 2.29. The molecule has 37 heavy (non-hydrogen) atoms. The first-order valence-electron chi connectivity index (χ1n) is 13.7. The lowest BCUT2D eigenvalue weighted by Gasteiger charge is -2.31. The standard InChI is InChI=1S/C31H39F3O3/c1-3-4-17-36-25-13-14-26(28(32)18-25)23-7-5-21(6-8-23)19-37-29-16-15-27(30(33)31(29)34)24-11-9-22(10-12-24)20(2)35/h3,13-16,18,20-24,35H,1,4-12,17,19H2,2H3. The van der Waals surface area contributed by atoms with Gasteiger partial charge >= 0.3 is 0 Å². The molecule has 1 N–H and O–H groups in total. The second-order valence-corrected chi connectivity index (χ2v) is 10.8. The predicted octanol–water partition coefficient (Wildman–Crippen LogP) is 8.07. The van der Waals surface area contributed by atoms with Crippen LogP contribution in [0.2, 0.25) is 0 Å². The minimum atomic E-state index is -0.915. The van der Waals surface area contributed by atoms with E-state index >= 15 is 0 Å². The maximum Gasteiger partial charge on any atom is 0.200 e. The summed E-state index contributed by atoms with van der Waals surface area (Å²) < 4.78 is 55.7. The molecule has 0 amide bonds. The monoisotopic (exact) mass is 516 g/mol. The van der Waals surface area contributed by atoms with Crippen molar-refractivity contribution >= 4 is 0 Å². The molecule has 3 nitrogen and oxygen atoms in total. The molecule has 0 heterocycles. The zero-order valence-electron chi connectivity index (χ0n) is 21.7. The molecule has 2 aromatic carbocycles. The summed E-state index contributed by atoms with van der Waals surface area (Å²) in [7, 11) is 0. The molecule has 2 aliphatic rings. The third-order valence-electron chi connectivity index (χ3n) is 8.29. The van der Waals surface area contributed by atoms with Crippen molar-refractivity contribution in [3.8, 4) is 11.5 Å². The minimum absolute atomic E-state index is 0.0259. The van der Waals surface area contributed by atoms with Crippen molar-refractivity contribution < 1.29 is 27.8 Å². The SMILES string of the molecule is C=CCCOc1ccc(C2CCC(COc3ccc(C4CCC(C(C)O)CC4)c(F)c3F)CC2)c(F)c1.